The summed E-state index contributed by atoms with van der Waals surface area (Å²) >= 11 is 0. The molecule has 4 nitrogen and oxygen atoms in total. The molecule has 0 saturated heterocycles. The average Bonchev–Trinajstić information content (AvgIpc) is 2.06. The normalized spacial score (nSPS) is 11.4. The average molecular weight is 214 g/mol. The molecule has 0 aliphatic carbocycles. The van der Waals surface area contributed by atoms with Gasteiger partial charge in [-0.3, -0.25) is 4.72 Å². The number of benzene rings is 1. The van der Waals surface area contributed by atoms with Crippen molar-refractivity contribution in [1.29, 1.82) is 0 Å². The number of anilines is 1. The minimum Gasteiger partial charge on any atom is -0.271 e. The third kappa shape index (κ3) is 3.01. The van der Waals surface area contributed by atoms with E-state index < -0.39 is 10.2 Å². The SMILES string of the molecule is CCc1cc(NS(N)(=O)=O)ccc1C. The van der Waals surface area contributed by atoms with E-state index in [0.717, 1.165) is 17.5 Å². The zero-order valence-corrected chi connectivity index (χ0v) is 9.06. The van der Waals surface area contributed by atoms with Crippen molar-refractivity contribution in [1.82, 2.24) is 0 Å². The van der Waals surface area contributed by atoms with E-state index in [-0.39, 0.29) is 0 Å². The van der Waals surface area contributed by atoms with Gasteiger partial charge < -0.3 is 0 Å². The minimum atomic E-state index is -3.67. The molecular weight excluding hydrogens is 200 g/mol. The zero-order valence-electron chi connectivity index (χ0n) is 8.24. The third-order valence-electron chi connectivity index (χ3n) is 1.99. The first-order chi connectivity index (χ1) is 6.42. The molecule has 0 bridgehead atoms. The largest absolute Gasteiger partial charge is 0.296 e. The molecule has 78 valence electrons. The number of nitrogens with one attached hydrogen (secondary N) is 1. The highest BCUT2D eigenvalue weighted by Crippen LogP contribution is 2.16. The van der Waals surface area contributed by atoms with Gasteiger partial charge >= 0.3 is 0 Å². The van der Waals surface area contributed by atoms with Crippen LogP contribution in [0.2, 0.25) is 0 Å². The first-order valence-corrected chi connectivity index (χ1v) is 5.87. The molecule has 0 aromatic heterocycles. The number of hydrogen-bond acceptors (Lipinski definition) is 2. The van der Waals surface area contributed by atoms with Crippen molar-refractivity contribution in [3.63, 3.8) is 0 Å². The Bertz CT molecular complexity index is 426. The molecule has 0 aliphatic rings. The number of hydrogen-bond donors (Lipinski definition) is 2. The third-order valence-corrected chi connectivity index (χ3v) is 2.51. The summed E-state index contributed by atoms with van der Waals surface area (Å²) < 4.78 is 23.7. The van der Waals surface area contributed by atoms with Crippen LogP contribution in [0, 0.1) is 6.92 Å². The van der Waals surface area contributed by atoms with Crippen molar-refractivity contribution in [2.24, 2.45) is 5.14 Å². The van der Waals surface area contributed by atoms with E-state index >= 15 is 0 Å². The Morgan fingerprint density at radius 3 is 2.57 bits per heavy atom. The van der Waals surface area contributed by atoms with Gasteiger partial charge in [0.15, 0.2) is 0 Å². The van der Waals surface area contributed by atoms with Gasteiger partial charge in [-0.2, -0.15) is 8.42 Å². The van der Waals surface area contributed by atoms with Gasteiger partial charge in [-0.15, -0.1) is 0 Å². The summed E-state index contributed by atoms with van der Waals surface area (Å²) in [4.78, 5) is 0. The van der Waals surface area contributed by atoms with Crippen molar-refractivity contribution in [2.75, 3.05) is 4.72 Å². The second-order valence-electron chi connectivity index (χ2n) is 3.14. The van der Waals surface area contributed by atoms with Crippen molar-refractivity contribution in [2.45, 2.75) is 20.3 Å². The Morgan fingerprint density at radius 1 is 1.43 bits per heavy atom. The fourth-order valence-corrected chi connectivity index (χ4v) is 1.74. The molecule has 0 saturated carbocycles. The Hall–Kier alpha value is -1.07. The molecule has 0 heterocycles. The summed E-state index contributed by atoms with van der Waals surface area (Å²) in [5.41, 5.74) is 2.76. The second-order valence-corrected chi connectivity index (χ2v) is 4.44. The lowest BCUT2D eigenvalue weighted by Crippen LogP contribution is -2.21. The smallest absolute Gasteiger partial charge is 0.271 e. The molecular formula is C9H14N2O2S. The Balaban J connectivity index is 3.01. The molecule has 0 radical (unpaired) electrons. The molecule has 5 heteroatoms. The monoisotopic (exact) mass is 214 g/mol. The van der Waals surface area contributed by atoms with Gasteiger partial charge in [0.05, 0.1) is 5.69 Å². The molecule has 0 fully saturated rings. The van der Waals surface area contributed by atoms with E-state index in [1.54, 1.807) is 12.1 Å². The van der Waals surface area contributed by atoms with E-state index in [4.69, 9.17) is 5.14 Å². The first kappa shape index (κ1) is 11.0. The van der Waals surface area contributed by atoms with Gasteiger partial charge in [-0.1, -0.05) is 13.0 Å². The summed E-state index contributed by atoms with van der Waals surface area (Å²) in [6.07, 6.45) is 0.867. The van der Waals surface area contributed by atoms with Gasteiger partial charge in [0.2, 0.25) is 0 Å². The molecule has 14 heavy (non-hydrogen) atoms. The second kappa shape index (κ2) is 3.98. The van der Waals surface area contributed by atoms with E-state index in [2.05, 4.69) is 4.72 Å². The first-order valence-electron chi connectivity index (χ1n) is 4.32. The quantitative estimate of drug-likeness (QED) is 0.792. The van der Waals surface area contributed by atoms with Gasteiger partial charge in [0.1, 0.15) is 0 Å². The lowest BCUT2D eigenvalue weighted by atomic mass is 10.1. The molecule has 0 aliphatic heterocycles. The number of nitrogens with two attached hydrogens (primary N) is 1. The molecule has 1 aromatic carbocycles. The summed E-state index contributed by atoms with van der Waals surface area (Å²) in [5, 5.41) is 4.86. The molecule has 3 N–H and O–H groups in total. The van der Waals surface area contributed by atoms with Crippen molar-refractivity contribution >= 4 is 15.9 Å². The molecule has 1 rings (SSSR count). The van der Waals surface area contributed by atoms with Crippen LogP contribution < -0.4 is 9.86 Å². The lowest BCUT2D eigenvalue weighted by Gasteiger charge is -2.07. The van der Waals surface area contributed by atoms with Crippen LogP contribution in [0.25, 0.3) is 0 Å². The molecule has 1 aromatic rings. The van der Waals surface area contributed by atoms with Crippen molar-refractivity contribution in [3.05, 3.63) is 29.3 Å². The lowest BCUT2D eigenvalue weighted by molar-refractivity contribution is 0.603. The molecule has 0 atom stereocenters. The minimum absolute atomic E-state index is 0.509. The number of aryl methyl sites for hydroxylation is 2. The van der Waals surface area contributed by atoms with Gasteiger partial charge in [-0.05, 0) is 36.6 Å². The maximum absolute atomic E-state index is 10.8. The van der Waals surface area contributed by atoms with Crippen LogP contribution in [0.3, 0.4) is 0 Å². The van der Waals surface area contributed by atoms with E-state index in [1.165, 1.54) is 0 Å². The maximum atomic E-state index is 10.8. The molecule has 0 amide bonds. The van der Waals surface area contributed by atoms with Crippen LogP contribution in [0.1, 0.15) is 18.1 Å². The van der Waals surface area contributed by atoms with Crippen LogP contribution >= 0.6 is 0 Å². The maximum Gasteiger partial charge on any atom is 0.296 e. The van der Waals surface area contributed by atoms with E-state index in [1.807, 2.05) is 19.9 Å². The van der Waals surface area contributed by atoms with E-state index in [9.17, 15) is 8.42 Å². The van der Waals surface area contributed by atoms with Crippen molar-refractivity contribution in [3.8, 4) is 0 Å². The predicted octanol–water partition coefficient (Wildman–Crippen LogP) is 1.17. The van der Waals surface area contributed by atoms with Crippen molar-refractivity contribution < 1.29 is 8.42 Å². The Labute approximate surface area is 84.3 Å². The summed E-state index contributed by atoms with van der Waals surface area (Å²) in [5.74, 6) is 0. The molecule has 0 unspecified atom stereocenters. The highest BCUT2D eigenvalue weighted by Gasteiger charge is 2.03. The number of rotatable bonds is 3. The fourth-order valence-electron chi connectivity index (χ4n) is 1.28. The molecule has 0 spiro atoms. The van der Waals surface area contributed by atoms with Gasteiger partial charge in [0.25, 0.3) is 10.2 Å². The standard InChI is InChI=1S/C9H14N2O2S/c1-3-8-6-9(5-4-7(8)2)11-14(10,12)13/h4-6,11H,3H2,1-2H3,(H2,10,12,13). The highest BCUT2D eigenvalue weighted by atomic mass is 32.2. The Kier molecular flexibility index (Phi) is 3.13. The highest BCUT2D eigenvalue weighted by molar-refractivity contribution is 7.90. The van der Waals surface area contributed by atoms with Crippen LogP contribution in [-0.4, -0.2) is 8.42 Å². The topological polar surface area (TPSA) is 72.2 Å². The van der Waals surface area contributed by atoms with Crippen LogP contribution in [0.4, 0.5) is 5.69 Å². The van der Waals surface area contributed by atoms with Crippen LogP contribution in [0.15, 0.2) is 18.2 Å². The zero-order chi connectivity index (χ0) is 10.8. The van der Waals surface area contributed by atoms with Crippen LogP contribution in [0.5, 0.6) is 0 Å². The van der Waals surface area contributed by atoms with Gasteiger partial charge in [0, 0.05) is 0 Å². The summed E-state index contributed by atoms with van der Waals surface area (Å²) in [6.45, 7) is 4.00. The van der Waals surface area contributed by atoms with E-state index in [0.29, 0.717) is 5.69 Å². The van der Waals surface area contributed by atoms with Crippen LogP contribution in [-0.2, 0) is 16.6 Å². The fraction of sp³-hybridized carbons (Fsp3) is 0.333. The summed E-state index contributed by atoms with van der Waals surface area (Å²) in [7, 11) is -3.67. The summed E-state index contributed by atoms with van der Waals surface area (Å²) in [6, 6.07) is 5.35. The Morgan fingerprint density at radius 2 is 2.07 bits per heavy atom. The predicted molar refractivity (Wildman–Crippen MR) is 57.3 cm³/mol. The van der Waals surface area contributed by atoms with Gasteiger partial charge in [-0.25, -0.2) is 5.14 Å².